The van der Waals surface area contributed by atoms with Crippen molar-refractivity contribution in [3.8, 4) is 0 Å². The first kappa shape index (κ1) is 16.4. The standard InChI is InChI=1S/C17H27FN2O/c1-3-9-19(2)11-14-8-10-20(12-14)13-17(21)15-6-4-5-7-16(15)18/h4-7,14,17,21H,3,8-13H2,1-2H3. The lowest BCUT2D eigenvalue weighted by atomic mass is 10.1. The van der Waals surface area contributed by atoms with Gasteiger partial charge < -0.3 is 14.9 Å². The predicted octanol–water partition coefficient (Wildman–Crippen LogP) is 2.52. The van der Waals surface area contributed by atoms with Gasteiger partial charge in [0.05, 0.1) is 6.10 Å². The van der Waals surface area contributed by atoms with Crippen LogP contribution < -0.4 is 0 Å². The maximum atomic E-state index is 13.7. The van der Waals surface area contributed by atoms with E-state index in [0.717, 1.165) is 32.6 Å². The van der Waals surface area contributed by atoms with Gasteiger partial charge in [-0.1, -0.05) is 25.1 Å². The quantitative estimate of drug-likeness (QED) is 0.837. The second-order valence-electron chi connectivity index (χ2n) is 6.21. The van der Waals surface area contributed by atoms with E-state index in [0.29, 0.717) is 18.0 Å². The topological polar surface area (TPSA) is 26.7 Å². The molecule has 1 aromatic carbocycles. The van der Waals surface area contributed by atoms with Crippen molar-refractivity contribution in [1.82, 2.24) is 9.80 Å². The molecule has 0 radical (unpaired) electrons. The van der Waals surface area contributed by atoms with Crippen LogP contribution >= 0.6 is 0 Å². The molecule has 2 atom stereocenters. The Balaban J connectivity index is 1.81. The van der Waals surface area contributed by atoms with Gasteiger partial charge in [-0.25, -0.2) is 4.39 Å². The summed E-state index contributed by atoms with van der Waals surface area (Å²) in [4.78, 5) is 4.63. The molecule has 2 rings (SSSR count). The summed E-state index contributed by atoms with van der Waals surface area (Å²) < 4.78 is 13.7. The van der Waals surface area contributed by atoms with Gasteiger partial charge in [0, 0.05) is 25.2 Å². The lowest BCUT2D eigenvalue weighted by Crippen LogP contribution is -2.30. The summed E-state index contributed by atoms with van der Waals surface area (Å²) in [6.45, 7) is 6.96. The van der Waals surface area contributed by atoms with Crippen molar-refractivity contribution in [3.05, 3.63) is 35.6 Å². The number of hydrogen-bond acceptors (Lipinski definition) is 3. The molecule has 1 saturated heterocycles. The predicted molar refractivity (Wildman–Crippen MR) is 83.7 cm³/mol. The third-order valence-electron chi connectivity index (χ3n) is 4.24. The number of aliphatic hydroxyl groups excluding tert-OH is 1. The lowest BCUT2D eigenvalue weighted by molar-refractivity contribution is 0.119. The van der Waals surface area contributed by atoms with Gasteiger partial charge in [0.15, 0.2) is 0 Å². The average Bonchev–Trinajstić information content (AvgIpc) is 2.86. The van der Waals surface area contributed by atoms with Crippen molar-refractivity contribution in [2.24, 2.45) is 5.92 Å². The molecule has 0 aliphatic carbocycles. The Morgan fingerprint density at radius 3 is 2.90 bits per heavy atom. The molecule has 1 fully saturated rings. The van der Waals surface area contributed by atoms with Crippen LogP contribution in [0.5, 0.6) is 0 Å². The largest absolute Gasteiger partial charge is 0.387 e. The number of rotatable bonds is 7. The molecule has 0 aromatic heterocycles. The van der Waals surface area contributed by atoms with Gasteiger partial charge in [-0.05, 0) is 45.0 Å². The molecule has 2 unspecified atom stereocenters. The second kappa shape index (κ2) is 7.87. The fourth-order valence-corrected chi connectivity index (χ4v) is 3.23. The van der Waals surface area contributed by atoms with Crippen molar-refractivity contribution in [1.29, 1.82) is 0 Å². The van der Waals surface area contributed by atoms with Crippen molar-refractivity contribution in [3.63, 3.8) is 0 Å². The summed E-state index contributed by atoms with van der Waals surface area (Å²) in [7, 11) is 2.17. The van der Waals surface area contributed by atoms with Crippen molar-refractivity contribution >= 4 is 0 Å². The van der Waals surface area contributed by atoms with Gasteiger partial charge in [-0.2, -0.15) is 0 Å². The Bertz CT molecular complexity index is 441. The van der Waals surface area contributed by atoms with Crippen LogP contribution in [0, 0.1) is 11.7 Å². The van der Waals surface area contributed by atoms with Crippen LogP contribution in [0.4, 0.5) is 4.39 Å². The zero-order chi connectivity index (χ0) is 15.2. The van der Waals surface area contributed by atoms with Gasteiger partial charge in [-0.3, -0.25) is 0 Å². The van der Waals surface area contributed by atoms with Crippen molar-refractivity contribution in [2.75, 3.05) is 39.8 Å². The summed E-state index contributed by atoms with van der Waals surface area (Å²) in [5.74, 6) is 0.345. The van der Waals surface area contributed by atoms with Crippen LogP contribution in [0.25, 0.3) is 0 Å². The van der Waals surface area contributed by atoms with Crippen molar-refractivity contribution in [2.45, 2.75) is 25.9 Å². The molecular weight excluding hydrogens is 267 g/mol. The summed E-state index contributed by atoms with van der Waals surface area (Å²) in [5.41, 5.74) is 0.407. The first-order valence-corrected chi connectivity index (χ1v) is 7.93. The van der Waals surface area contributed by atoms with Crippen LogP contribution in [0.15, 0.2) is 24.3 Å². The molecule has 1 aliphatic heterocycles. The normalized spacial score (nSPS) is 21.1. The molecule has 0 bridgehead atoms. The number of halogens is 1. The van der Waals surface area contributed by atoms with Crippen LogP contribution in [-0.2, 0) is 0 Å². The molecule has 1 N–H and O–H groups in total. The van der Waals surface area contributed by atoms with Gasteiger partial charge in [0.1, 0.15) is 5.82 Å². The molecule has 4 heteroatoms. The number of nitrogens with zero attached hydrogens (tertiary/aromatic N) is 2. The summed E-state index contributed by atoms with van der Waals surface area (Å²) in [6.07, 6.45) is 1.61. The van der Waals surface area contributed by atoms with Gasteiger partial charge in [0.25, 0.3) is 0 Å². The van der Waals surface area contributed by atoms with Crippen LogP contribution in [0.1, 0.15) is 31.4 Å². The van der Waals surface area contributed by atoms with E-state index in [9.17, 15) is 9.50 Å². The maximum absolute atomic E-state index is 13.7. The number of likely N-dealkylation sites (tertiary alicyclic amines) is 1. The van der Waals surface area contributed by atoms with Gasteiger partial charge in [0.2, 0.25) is 0 Å². The van der Waals surface area contributed by atoms with Crippen molar-refractivity contribution < 1.29 is 9.50 Å². The average molecular weight is 294 g/mol. The monoisotopic (exact) mass is 294 g/mol. The molecule has 3 nitrogen and oxygen atoms in total. The Hall–Kier alpha value is -0.970. The van der Waals surface area contributed by atoms with Gasteiger partial charge >= 0.3 is 0 Å². The molecule has 1 aromatic rings. The van der Waals surface area contributed by atoms with Gasteiger partial charge in [-0.15, -0.1) is 0 Å². The first-order chi connectivity index (χ1) is 10.1. The molecule has 0 amide bonds. The number of hydrogen-bond donors (Lipinski definition) is 1. The third-order valence-corrected chi connectivity index (χ3v) is 4.24. The minimum Gasteiger partial charge on any atom is -0.387 e. The molecule has 118 valence electrons. The number of β-amino-alcohol motifs (C(OH)–C–C–N with tert-alkyl or cyclic N) is 1. The van der Waals surface area contributed by atoms with E-state index in [1.54, 1.807) is 18.2 Å². The molecule has 1 aliphatic rings. The molecule has 0 spiro atoms. The molecular formula is C17H27FN2O. The zero-order valence-corrected chi connectivity index (χ0v) is 13.1. The van der Waals surface area contributed by atoms with E-state index in [-0.39, 0.29) is 5.82 Å². The van der Waals surface area contributed by atoms with E-state index in [2.05, 4.69) is 23.8 Å². The van der Waals surface area contributed by atoms with E-state index >= 15 is 0 Å². The fourth-order valence-electron chi connectivity index (χ4n) is 3.23. The Morgan fingerprint density at radius 1 is 1.43 bits per heavy atom. The highest BCUT2D eigenvalue weighted by molar-refractivity contribution is 5.20. The smallest absolute Gasteiger partial charge is 0.129 e. The Labute approximate surface area is 127 Å². The Kier molecular flexibility index (Phi) is 6.15. The summed E-state index contributed by atoms with van der Waals surface area (Å²) in [6, 6.07) is 6.50. The van der Waals surface area contributed by atoms with E-state index < -0.39 is 6.10 Å². The highest BCUT2D eigenvalue weighted by Crippen LogP contribution is 2.22. The minimum atomic E-state index is -0.738. The first-order valence-electron chi connectivity index (χ1n) is 7.93. The van der Waals surface area contributed by atoms with E-state index in [4.69, 9.17) is 0 Å². The fraction of sp³-hybridized carbons (Fsp3) is 0.647. The van der Waals surface area contributed by atoms with Crippen LogP contribution in [-0.4, -0.2) is 54.7 Å². The second-order valence-corrected chi connectivity index (χ2v) is 6.21. The number of aliphatic hydroxyl groups is 1. The minimum absolute atomic E-state index is 0.316. The van der Waals surface area contributed by atoms with E-state index in [1.165, 1.54) is 12.5 Å². The highest BCUT2D eigenvalue weighted by atomic mass is 19.1. The SMILES string of the molecule is CCCN(C)CC1CCN(CC(O)c2ccccc2F)C1. The highest BCUT2D eigenvalue weighted by Gasteiger charge is 2.25. The van der Waals surface area contributed by atoms with Crippen LogP contribution in [0.2, 0.25) is 0 Å². The number of benzene rings is 1. The van der Waals surface area contributed by atoms with E-state index in [1.807, 2.05) is 0 Å². The zero-order valence-electron chi connectivity index (χ0n) is 13.1. The molecule has 1 heterocycles. The van der Waals surface area contributed by atoms with Crippen LogP contribution in [0.3, 0.4) is 0 Å². The summed E-state index contributed by atoms with van der Waals surface area (Å²) >= 11 is 0. The molecule has 21 heavy (non-hydrogen) atoms. The summed E-state index contributed by atoms with van der Waals surface area (Å²) in [5, 5.41) is 10.2. The third kappa shape index (κ3) is 4.77. The maximum Gasteiger partial charge on any atom is 0.129 e. The lowest BCUT2D eigenvalue weighted by Gasteiger charge is -2.22. The Morgan fingerprint density at radius 2 is 2.19 bits per heavy atom. The molecule has 0 saturated carbocycles.